The minimum absolute atomic E-state index is 0.258. The summed E-state index contributed by atoms with van der Waals surface area (Å²) >= 11 is 0. The molecule has 0 aliphatic rings. The zero-order valence-corrected chi connectivity index (χ0v) is 14.4. The number of aromatic amines is 1. The van der Waals surface area contributed by atoms with Crippen LogP contribution in [0.2, 0.25) is 0 Å². The monoisotopic (exact) mass is 337 g/mol. The van der Waals surface area contributed by atoms with E-state index in [-0.39, 0.29) is 11.3 Å². The summed E-state index contributed by atoms with van der Waals surface area (Å²) in [5.41, 5.74) is 2.22. The van der Waals surface area contributed by atoms with Gasteiger partial charge < -0.3 is 14.6 Å². The molecular formula is C19H19N3O3. The second-order valence-corrected chi connectivity index (χ2v) is 6.04. The van der Waals surface area contributed by atoms with Crippen LogP contribution in [-0.4, -0.2) is 35.1 Å². The van der Waals surface area contributed by atoms with Gasteiger partial charge in [-0.1, -0.05) is 30.3 Å². The number of hydrogen-bond acceptors (Lipinski definition) is 4. The van der Waals surface area contributed by atoms with Crippen LogP contribution in [0.15, 0.2) is 47.3 Å². The van der Waals surface area contributed by atoms with Crippen molar-refractivity contribution in [3.8, 4) is 5.75 Å². The van der Waals surface area contributed by atoms with E-state index in [9.17, 15) is 9.59 Å². The molecular weight excluding hydrogens is 318 g/mol. The fourth-order valence-electron chi connectivity index (χ4n) is 2.54. The van der Waals surface area contributed by atoms with Crippen LogP contribution < -0.4 is 10.3 Å². The third kappa shape index (κ3) is 3.52. The van der Waals surface area contributed by atoms with Gasteiger partial charge in [-0.15, -0.1) is 0 Å². The number of nitrogens with one attached hydrogen (secondary N) is 1. The second-order valence-electron chi connectivity index (χ2n) is 6.04. The normalized spacial score (nSPS) is 10.7. The van der Waals surface area contributed by atoms with Gasteiger partial charge in [0, 0.05) is 26.2 Å². The minimum atomic E-state index is -0.540. The number of aryl methyl sites for hydroxylation is 1. The molecule has 3 rings (SSSR count). The van der Waals surface area contributed by atoms with Crippen LogP contribution in [0.3, 0.4) is 0 Å². The third-order valence-corrected chi connectivity index (χ3v) is 3.84. The average molecular weight is 337 g/mol. The fourth-order valence-corrected chi connectivity index (χ4v) is 2.54. The first-order chi connectivity index (χ1) is 12.0. The number of rotatable bonds is 3. The summed E-state index contributed by atoms with van der Waals surface area (Å²) in [6.45, 7) is 1.83. The van der Waals surface area contributed by atoms with E-state index in [2.05, 4.69) is 9.97 Å². The molecule has 0 radical (unpaired) electrons. The van der Waals surface area contributed by atoms with Crippen LogP contribution in [0.4, 0.5) is 4.79 Å². The predicted octanol–water partition coefficient (Wildman–Crippen LogP) is 2.88. The van der Waals surface area contributed by atoms with E-state index in [1.807, 2.05) is 43.3 Å². The summed E-state index contributed by atoms with van der Waals surface area (Å²) < 4.78 is 5.54. The first kappa shape index (κ1) is 16.7. The average Bonchev–Trinajstić information content (AvgIpc) is 2.58. The predicted molar refractivity (Wildman–Crippen MR) is 96.1 cm³/mol. The van der Waals surface area contributed by atoms with E-state index in [1.54, 1.807) is 20.2 Å². The molecule has 0 saturated heterocycles. The fraction of sp³-hybridized carbons (Fsp3) is 0.211. The van der Waals surface area contributed by atoms with Crippen molar-refractivity contribution in [2.45, 2.75) is 13.3 Å². The molecule has 1 N–H and O–H groups in total. The van der Waals surface area contributed by atoms with Gasteiger partial charge in [-0.3, -0.25) is 4.79 Å². The molecule has 0 atom stereocenters. The molecule has 0 aliphatic heterocycles. The summed E-state index contributed by atoms with van der Waals surface area (Å²) in [7, 11) is 3.19. The van der Waals surface area contributed by atoms with Gasteiger partial charge in [0.15, 0.2) is 5.75 Å². The number of ether oxygens (including phenoxy) is 1. The quantitative estimate of drug-likeness (QED) is 0.797. The van der Waals surface area contributed by atoms with Crippen molar-refractivity contribution in [3.05, 3.63) is 69.6 Å². The molecule has 0 saturated carbocycles. The maximum atomic E-state index is 12.6. The van der Waals surface area contributed by atoms with E-state index < -0.39 is 6.09 Å². The van der Waals surface area contributed by atoms with Crippen molar-refractivity contribution in [2.75, 3.05) is 14.1 Å². The molecule has 0 unspecified atom stereocenters. The zero-order valence-electron chi connectivity index (χ0n) is 14.4. The van der Waals surface area contributed by atoms with Gasteiger partial charge in [-0.2, -0.15) is 0 Å². The van der Waals surface area contributed by atoms with E-state index in [0.717, 1.165) is 11.3 Å². The van der Waals surface area contributed by atoms with Crippen LogP contribution in [0.5, 0.6) is 5.75 Å². The Bertz CT molecular complexity index is 978. The highest BCUT2D eigenvalue weighted by atomic mass is 16.6. The number of fused-ring (bicyclic) bond motifs is 1. The molecule has 25 heavy (non-hydrogen) atoms. The van der Waals surface area contributed by atoms with Gasteiger partial charge in [0.2, 0.25) is 0 Å². The second kappa shape index (κ2) is 6.76. The molecule has 1 aromatic carbocycles. The van der Waals surface area contributed by atoms with Crippen molar-refractivity contribution in [1.29, 1.82) is 0 Å². The summed E-state index contributed by atoms with van der Waals surface area (Å²) in [5.74, 6) is 0.258. The topological polar surface area (TPSA) is 75.3 Å². The van der Waals surface area contributed by atoms with Gasteiger partial charge in [-0.25, -0.2) is 9.78 Å². The Kier molecular flexibility index (Phi) is 4.52. The summed E-state index contributed by atoms with van der Waals surface area (Å²) in [5, 5.41) is 0.603. The maximum absolute atomic E-state index is 12.6. The molecule has 2 heterocycles. The van der Waals surface area contributed by atoms with Crippen LogP contribution in [-0.2, 0) is 6.42 Å². The van der Waals surface area contributed by atoms with Gasteiger partial charge in [-0.05, 0) is 24.6 Å². The lowest BCUT2D eigenvalue weighted by atomic mass is 10.0. The van der Waals surface area contributed by atoms with Crippen molar-refractivity contribution in [3.63, 3.8) is 0 Å². The Morgan fingerprint density at radius 1 is 1.16 bits per heavy atom. The van der Waals surface area contributed by atoms with E-state index in [0.29, 0.717) is 23.0 Å². The zero-order chi connectivity index (χ0) is 18.0. The number of carbonyl (C=O) groups excluding carboxylic acids is 1. The third-order valence-electron chi connectivity index (χ3n) is 3.84. The van der Waals surface area contributed by atoms with Gasteiger partial charge in [0.25, 0.3) is 5.56 Å². The highest BCUT2D eigenvalue weighted by Gasteiger charge is 2.19. The first-order valence-electron chi connectivity index (χ1n) is 7.91. The molecule has 0 aliphatic carbocycles. The number of nitrogens with zero attached hydrogens (tertiary/aromatic N) is 2. The number of benzene rings is 1. The van der Waals surface area contributed by atoms with E-state index >= 15 is 0 Å². The van der Waals surface area contributed by atoms with Crippen molar-refractivity contribution >= 4 is 17.1 Å². The van der Waals surface area contributed by atoms with Crippen LogP contribution >= 0.6 is 0 Å². The Morgan fingerprint density at radius 2 is 1.88 bits per heavy atom. The first-order valence-corrected chi connectivity index (χ1v) is 7.91. The van der Waals surface area contributed by atoms with Crippen LogP contribution in [0, 0.1) is 6.92 Å². The Morgan fingerprint density at radius 3 is 2.56 bits per heavy atom. The Hall–Kier alpha value is -3.15. The molecule has 6 nitrogen and oxygen atoms in total. The Balaban J connectivity index is 2.19. The smallest absolute Gasteiger partial charge is 0.409 e. The van der Waals surface area contributed by atoms with Gasteiger partial charge in [0.1, 0.15) is 5.65 Å². The highest BCUT2D eigenvalue weighted by molar-refractivity contribution is 5.86. The number of amides is 1. The minimum Gasteiger partial charge on any atom is -0.409 e. The number of aromatic nitrogens is 2. The molecule has 128 valence electrons. The number of hydrogen-bond donors (Lipinski definition) is 1. The number of H-pyrrole nitrogens is 1. The largest absolute Gasteiger partial charge is 0.414 e. The highest BCUT2D eigenvalue weighted by Crippen LogP contribution is 2.28. The lowest BCUT2D eigenvalue weighted by Gasteiger charge is -2.15. The molecule has 6 heteroatoms. The van der Waals surface area contributed by atoms with Crippen LogP contribution in [0.1, 0.15) is 16.8 Å². The molecule has 0 fully saturated rings. The van der Waals surface area contributed by atoms with Gasteiger partial charge >= 0.3 is 6.09 Å². The van der Waals surface area contributed by atoms with Crippen molar-refractivity contribution in [1.82, 2.24) is 14.9 Å². The molecule has 0 spiro atoms. The standard InChI is InChI=1S/C19H19N3O3/c1-12-9-10-14-16(25-19(24)22(2)3)15(18(23)21-17(14)20-12)11-13-7-5-4-6-8-13/h4-10H,11H2,1-3H3,(H,20,21,23). The molecule has 1 amide bonds. The van der Waals surface area contributed by atoms with Crippen molar-refractivity contribution in [2.24, 2.45) is 0 Å². The van der Waals surface area contributed by atoms with Crippen molar-refractivity contribution < 1.29 is 9.53 Å². The van der Waals surface area contributed by atoms with E-state index in [1.165, 1.54) is 4.90 Å². The van der Waals surface area contributed by atoms with Crippen LogP contribution in [0.25, 0.3) is 11.0 Å². The number of carbonyl (C=O) groups is 1. The maximum Gasteiger partial charge on any atom is 0.414 e. The number of pyridine rings is 2. The summed E-state index contributed by atoms with van der Waals surface area (Å²) in [4.78, 5) is 33.2. The summed E-state index contributed by atoms with van der Waals surface area (Å²) in [6, 6.07) is 13.2. The SMILES string of the molecule is Cc1ccc2c(OC(=O)N(C)C)c(Cc3ccccc3)c(=O)[nH]c2n1. The van der Waals surface area contributed by atoms with E-state index in [4.69, 9.17) is 4.74 Å². The molecule has 2 aromatic heterocycles. The van der Waals surface area contributed by atoms with Gasteiger partial charge in [0.05, 0.1) is 10.9 Å². The lowest BCUT2D eigenvalue weighted by Crippen LogP contribution is -2.27. The molecule has 0 bridgehead atoms. The lowest BCUT2D eigenvalue weighted by molar-refractivity contribution is 0.172. The molecule has 3 aromatic rings. The summed E-state index contributed by atoms with van der Waals surface area (Å²) in [6.07, 6.45) is -0.183. The Labute approximate surface area is 145 Å².